The van der Waals surface area contributed by atoms with Crippen molar-refractivity contribution in [2.75, 3.05) is 7.11 Å². The zero-order valence-electron chi connectivity index (χ0n) is 12.2. The van der Waals surface area contributed by atoms with Crippen molar-refractivity contribution in [1.82, 2.24) is 29.9 Å². The molecular weight excluding hydrogens is 296 g/mol. The van der Waals surface area contributed by atoms with Gasteiger partial charge >= 0.3 is 0 Å². The number of aromatic amines is 1. The standard InChI is InChI=1S/C15H12N6O2/c1-22-10-2-3-12-11(6-10)15(18-9-17-12)23-14-8-16-7-13(14)21-5-4-19-20-21/h2-9,16H,1H3. The van der Waals surface area contributed by atoms with Crippen LogP contribution >= 0.6 is 0 Å². The molecule has 8 nitrogen and oxygen atoms in total. The van der Waals surface area contributed by atoms with Crippen molar-refractivity contribution < 1.29 is 9.47 Å². The molecule has 3 aromatic heterocycles. The lowest BCUT2D eigenvalue weighted by molar-refractivity contribution is 0.415. The Morgan fingerprint density at radius 1 is 1.17 bits per heavy atom. The number of hydrogen-bond donors (Lipinski definition) is 1. The molecule has 4 aromatic rings. The van der Waals surface area contributed by atoms with Gasteiger partial charge in [0.2, 0.25) is 5.88 Å². The van der Waals surface area contributed by atoms with Crippen LogP contribution in [0.15, 0.2) is 49.3 Å². The summed E-state index contributed by atoms with van der Waals surface area (Å²) >= 11 is 0. The van der Waals surface area contributed by atoms with E-state index in [1.165, 1.54) is 6.33 Å². The SMILES string of the molecule is COc1ccc2ncnc(Oc3c[nH]cc3-n3ccnn3)c2c1. The molecule has 0 saturated heterocycles. The lowest BCUT2D eigenvalue weighted by atomic mass is 10.2. The Kier molecular flexibility index (Phi) is 3.12. The molecule has 0 fully saturated rings. The van der Waals surface area contributed by atoms with Crippen LogP contribution < -0.4 is 9.47 Å². The van der Waals surface area contributed by atoms with Crippen LogP contribution in [0.5, 0.6) is 17.4 Å². The summed E-state index contributed by atoms with van der Waals surface area (Å²) < 4.78 is 12.8. The zero-order chi connectivity index (χ0) is 15.6. The van der Waals surface area contributed by atoms with Gasteiger partial charge in [-0.3, -0.25) is 0 Å². The molecule has 0 saturated carbocycles. The third-order valence-corrected chi connectivity index (χ3v) is 3.37. The van der Waals surface area contributed by atoms with Gasteiger partial charge in [-0.05, 0) is 18.2 Å². The van der Waals surface area contributed by atoms with Crippen LogP contribution in [0, 0.1) is 0 Å². The lowest BCUT2D eigenvalue weighted by Gasteiger charge is -2.08. The molecule has 0 radical (unpaired) electrons. The van der Waals surface area contributed by atoms with Crippen LogP contribution in [-0.2, 0) is 0 Å². The van der Waals surface area contributed by atoms with Crippen LogP contribution in [0.2, 0.25) is 0 Å². The highest BCUT2D eigenvalue weighted by atomic mass is 16.5. The first-order chi connectivity index (χ1) is 11.3. The fourth-order valence-electron chi connectivity index (χ4n) is 2.26. The zero-order valence-corrected chi connectivity index (χ0v) is 12.2. The molecule has 8 heteroatoms. The Labute approximate surface area is 130 Å². The number of nitrogens with one attached hydrogen (secondary N) is 1. The number of fused-ring (bicyclic) bond motifs is 1. The topological polar surface area (TPSA) is 90.7 Å². The largest absolute Gasteiger partial charge is 0.497 e. The molecule has 0 amide bonds. The summed E-state index contributed by atoms with van der Waals surface area (Å²) in [6, 6.07) is 5.54. The maximum Gasteiger partial charge on any atom is 0.230 e. The van der Waals surface area contributed by atoms with Gasteiger partial charge in [0.05, 0.1) is 30.4 Å². The molecule has 114 valence electrons. The number of nitrogens with zero attached hydrogens (tertiary/aromatic N) is 5. The van der Waals surface area contributed by atoms with Gasteiger partial charge in [0.1, 0.15) is 17.8 Å². The Morgan fingerprint density at radius 3 is 2.96 bits per heavy atom. The molecule has 0 bridgehead atoms. The Morgan fingerprint density at radius 2 is 2.13 bits per heavy atom. The molecule has 0 aliphatic rings. The molecular formula is C15H12N6O2. The van der Waals surface area contributed by atoms with Crippen molar-refractivity contribution in [2.24, 2.45) is 0 Å². The van der Waals surface area contributed by atoms with Gasteiger partial charge in [-0.2, -0.15) is 0 Å². The number of H-pyrrole nitrogens is 1. The molecule has 3 heterocycles. The van der Waals surface area contributed by atoms with E-state index in [-0.39, 0.29) is 0 Å². The fourth-order valence-corrected chi connectivity index (χ4v) is 2.26. The summed E-state index contributed by atoms with van der Waals surface area (Å²) in [5.74, 6) is 1.73. The van der Waals surface area contributed by atoms with Crippen LogP contribution in [-0.4, -0.2) is 37.1 Å². The van der Waals surface area contributed by atoms with Crippen LogP contribution in [0.1, 0.15) is 0 Å². The van der Waals surface area contributed by atoms with Crippen LogP contribution in [0.3, 0.4) is 0 Å². The van der Waals surface area contributed by atoms with Crippen molar-refractivity contribution in [3.05, 3.63) is 49.3 Å². The molecule has 23 heavy (non-hydrogen) atoms. The van der Waals surface area contributed by atoms with E-state index in [1.807, 2.05) is 18.2 Å². The van der Waals surface area contributed by atoms with Crippen molar-refractivity contribution >= 4 is 10.9 Å². The summed E-state index contributed by atoms with van der Waals surface area (Å²) in [5, 5.41) is 8.53. The molecule has 0 aliphatic carbocycles. The quantitative estimate of drug-likeness (QED) is 0.622. The minimum Gasteiger partial charge on any atom is -0.497 e. The average Bonchev–Trinajstić information content (AvgIpc) is 3.25. The minimum atomic E-state index is 0.440. The third kappa shape index (κ3) is 2.35. The number of rotatable bonds is 4. The molecule has 0 atom stereocenters. The summed E-state index contributed by atoms with van der Waals surface area (Å²) in [6.07, 6.45) is 8.30. The molecule has 0 spiro atoms. The van der Waals surface area contributed by atoms with Crippen molar-refractivity contribution in [3.63, 3.8) is 0 Å². The van der Waals surface area contributed by atoms with Crippen LogP contribution in [0.4, 0.5) is 0 Å². The summed E-state index contributed by atoms with van der Waals surface area (Å²) in [4.78, 5) is 11.5. The number of hydrogen-bond acceptors (Lipinski definition) is 6. The van der Waals surface area contributed by atoms with Gasteiger partial charge in [0, 0.05) is 12.4 Å². The van der Waals surface area contributed by atoms with E-state index in [2.05, 4.69) is 25.3 Å². The second kappa shape index (κ2) is 5.41. The number of benzene rings is 1. The normalized spacial score (nSPS) is 10.8. The van der Waals surface area contributed by atoms with Gasteiger partial charge in [-0.1, -0.05) is 5.21 Å². The van der Waals surface area contributed by atoms with Gasteiger partial charge in [0.25, 0.3) is 0 Å². The van der Waals surface area contributed by atoms with Gasteiger partial charge in [-0.15, -0.1) is 5.10 Å². The second-order valence-electron chi connectivity index (χ2n) is 4.72. The van der Waals surface area contributed by atoms with E-state index < -0.39 is 0 Å². The van der Waals surface area contributed by atoms with E-state index in [4.69, 9.17) is 9.47 Å². The first-order valence-electron chi connectivity index (χ1n) is 6.85. The first kappa shape index (κ1) is 13.3. The van der Waals surface area contributed by atoms with E-state index in [1.54, 1.807) is 36.6 Å². The predicted octanol–water partition coefficient (Wildman–Crippen LogP) is 2.34. The van der Waals surface area contributed by atoms with Crippen molar-refractivity contribution in [2.45, 2.75) is 0 Å². The smallest absolute Gasteiger partial charge is 0.230 e. The molecule has 0 unspecified atom stereocenters. The summed E-state index contributed by atoms with van der Waals surface area (Å²) in [6.45, 7) is 0. The van der Waals surface area contributed by atoms with E-state index in [9.17, 15) is 0 Å². The predicted molar refractivity (Wildman–Crippen MR) is 81.9 cm³/mol. The van der Waals surface area contributed by atoms with Gasteiger partial charge < -0.3 is 14.5 Å². The highest BCUT2D eigenvalue weighted by Crippen LogP contribution is 2.31. The number of aromatic nitrogens is 6. The Hall–Kier alpha value is -3.42. The van der Waals surface area contributed by atoms with E-state index in [0.717, 1.165) is 16.6 Å². The number of methoxy groups -OCH3 is 1. The Balaban J connectivity index is 1.78. The molecule has 4 rings (SSSR count). The molecule has 1 N–H and O–H groups in total. The van der Waals surface area contributed by atoms with Crippen molar-refractivity contribution in [3.8, 4) is 23.1 Å². The third-order valence-electron chi connectivity index (χ3n) is 3.37. The van der Waals surface area contributed by atoms with Crippen molar-refractivity contribution in [1.29, 1.82) is 0 Å². The minimum absolute atomic E-state index is 0.440. The second-order valence-corrected chi connectivity index (χ2v) is 4.72. The maximum absolute atomic E-state index is 5.96. The van der Waals surface area contributed by atoms with Gasteiger partial charge in [0.15, 0.2) is 5.75 Å². The monoisotopic (exact) mass is 308 g/mol. The number of ether oxygens (including phenoxy) is 2. The Bertz CT molecular complexity index is 948. The van der Waals surface area contributed by atoms with E-state index in [0.29, 0.717) is 17.4 Å². The van der Waals surface area contributed by atoms with E-state index >= 15 is 0 Å². The summed E-state index contributed by atoms with van der Waals surface area (Å²) in [5.41, 5.74) is 1.51. The average molecular weight is 308 g/mol. The fraction of sp³-hybridized carbons (Fsp3) is 0.0667. The maximum atomic E-state index is 5.96. The van der Waals surface area contributed by atoms with Crippen LogP contribution in [0.25, 0.3) is 16.6 Å². The first-order valence-corrected chi connectivity index (χ1v) is 6.85. The highest BCUT2D eigenvalue weighted by Gasteiger charge is 2.13. The lowest BCUT2D eigenvalue weighted by Crippen LogP contribution is -1.97. The molecule has 0 aliphatic heterocycles. The molecule has 1 aromatic carbocycles. The highest BCUT2D eigenvalue weighted by molar-refractivity contribution is 5.85. The van der Waals surface area contributed by atoms with Gasteiger partial charge in [-0.25, -0.2) is 14.6 Å². The summed E-state index contributed by atoms with van der Waals surface area (Å²) in [7, 11) is 1.61.